The van der Waals surface area contributed by atoms with Gasteiger partial charge in [-0.1, -0.05) is 6.92 Å². The molecule has 1 aromatic rings. The zero-order valence-electron chi connectivity index (χ0n) is 8.45. The fourth-order valence-electron chi connectivity index (χ4n) is 2.28. The SMILES string of the molecule is CC1(C2(Nc3cccnn3)CC2)CC1. The van der Waals surface area contributed by atoms with E-state index < -0.39 is 0 Å². The largest absolute Gasteiger partial charge is 0.363 e. The Bertz CT molecular complexity index is 339. The second-order valence-corrected chi connectivity index (χ2v) is 4.88. The first-order chi connectivity index (χ1) is 6.74. The summed E-state index contributed by atoms with van der Waals surface area (Å²) in [6, 6.07) is 3.93. The summed E-state index contributed by atoms with van der Waals surface area (Å²) < 4.78 is 0. The van der Waals surface area contributed by atoms with Crippen molar-refractivity contribution in [2.75, 3.05) is 5.32 Å². The third kappa shape index (κ3) is 1.11. The molecule has 0 amide bonds. The van der Waals surface area contributed by atoms with Crippen molar-refractivity contribution in [1.82, 2.24) is 10.2 Å². The highest BCUT2D eigenvalue weighted by molar-refractivity contribution is 5.42. The molecule has 1 N–H and O–H groups in total. The monoisotopic (exact) mass is 189 g/mol. The van der Waals surface area contributed by atoms with E-state index >= 15 is 0 Å². The Morgan fingerprint density at radius 3 is 2.57 bits per heavy atom. The summed E-state index contributed by atoms with van der Waals surface area (Å²) in [5.41, 5.74) is 0.882. The van der Waals surface area contributed by atoms with Gasteiger partial charge in [0.1, 0.15) is 5.82 Å². The van der Waals surface area contributed by atoms with Crippen molar-refractivity contribution in [1.29, 1.82) is 0 Å². The lowest BCUT2D eigenvalue weighted by molar-refractivity contribution is 0.446. The molecule has 2 saturated carbocycles. The summed E-state index contributed by atoms with van der Waals surface area (Å²) in [4.78, 5) is 0. The molecule has 0 radical (unpaired) electrons. The van der Waals surface area contributed by atoms with Crippen LogP contribution in [-0.2, 0) is 0 Å². The van der Waals surface area contributed by atoms with Crippen LogP contribution in [0.1, 0.15) is 32.6 Å². The average molecular weight is 189 g/mol. The molecule has 1 aromatic heterocycles. The summed E-state index contributed by atoms with van der Waals surface area (Å²) in [6.07, 6.45) is 7.02. The molecule has 0 aliphatic heterocycles. The zero-order chi connectivity index (χ0) is 9.65. The van der Waals surface area contributed by atoms with Crippen LogP contribution in [0.5, 0.6) is 0 Å². The van der Waals surface area contributed by atoms with Crippen molar-refractivity contribution in [2.45, 2.75) is 38.1 Å². The highest BCUT2D eigenvalue weighted by atomic mass is 15.2. The molecule has 2 aliphatic rings. The molecule has 0 saturated heterocycles. The first kappa shape index (κ1) is 8.21. The quantitative estimate of drug-likeness (QED) is 0.792. The van der Waals surface area contributed by atoms with Crippen molar-refractivity contribution in [3.8, 4) is 0 Å². The molecular formula is C11H15N3. The van der Waals surface area contributed by atoms with E-state index in [4.69, 9.17) is 0 Å². The van der Waals surface area contributed by atoms with Crippen LogP contribution in [0.3, 0.4) is 0 Å². The molecule has 3 nitrogen and oxygen atoms in total. The molecular weight excluding hydrogens is 174 g/mol. The number of rotatable bonds is 3. The van der Waals surface area contributed by atoms with Gasteiger partial charge < -0.3 is 5.32 Å². The molecule has 1 heterocycles. The van der Waals surface area contributed by atoms with Gasteiger partial charge >= 0.3 is 0 Å². The smallest absolute Gasteiger partial charge is 0.149 e. The third-order valence-corrected chi connectivity index (χ3v) is 3.84. The van der Waals surface area contributed by atoms with Crippen LogP contribution in [-0.4, -0.2) is 15.7 Å². The Kier molecular flexibility index (Phi) is 1.45. The van der Waals surface area contributed by atoms with Crippen molar-refractivity contribution >= 4 is 5.82 Å². The van der Waals surface area contributed by atoms with E-state index in [0.29, 0.717) is 11.0 Å². The second kappa shape index (κ2) is 2.47. The molecule has 0 unspecified atom stereocenters. The van der Waals surface area contributed by atoms with Gasteiger partial charge in [-0.25, -0.2) is 0 Å². The molecule has 0 bridgehead atoms. The minimum Gasteiger partial charge on any atom is -0.363 e. The lowest BCUT2D eigenvalue weighted by Gasteiger charge is -2.24. The fourth-order valence-corrected chi connectivity index (χ4v) is 2.28. The van der Waals surface area contributed by atoms with Crippen LogP contribution in [0.25, 0.3) is 0 Å². The van der Waals surface area contributed by atoms with E-state index in [0.717, 1.165) is 5.82 Å². The Morgan fingerprint density at radius 1 is 1.29 bits per heavy atom. The van der Waals surface area contributed by atoms with Crippen molar-refractivity contribution in [2.24, 2.45) is 5.41 Å². The normalized spacial score (nSPS) is 25.5. The van der Waals surface area contributed by atoms with E-state index in [2.05, 4.69) is 22.4 Å². The second-order valence-electron chi connectivity index (χ2n) is 4.88. The number of nitrogens with one attached hydrogen (secondary N) is 1. The molecule has 3 rings (SSSR count). The van der Waals surface area contributed by atoms with Crippen LogP contribution >= 0.6 is 0 Å². The van der Waals surface area contributed by atoms with Crippen molar-refractivity contribution < 1.29 is 0 Å². The first-order valence-corrected chi connectivity index (χ1v) is 5.30. The van der Waals surface area contributed by atoms with E-state index in [1.165, 1.54) is 25.7 Å². The molecule has 2 aliphatic carbocycles. The molecule has 3 heteroatoms. The van der Waals surface area contributed by atoms with E-state index in [1.54, 1.807) is 6.20 Å². The van der Waals surface area contributed by atoms with Crippen molar-refractivity contribution in [3.63, 3.8) is 0 Å². The van der Waals surface area contributed by atoms with Gasteiger partial charge in [0.05, 0.1) is 0 Å². The minimum absolute atomic E-state index is 0.350. The first-order valence-electron chi connectivity index (χ1n) is 5.30. The molecule has 0 spiro atoms. The number of anilines is 1. The predicted molar refractivity (Wildman–Crippen MR) is 55.0 cm³/mol. The van der Waals surface area contributed by atoms with Crippen LogP contribution in [0.2, 0.25) is 0 Å². The van der Waals surface area contributed by atoms with Crippen LogP contribution in [0.15, 0.2) is 18.3 Å². The third-order valence-electron chi connectivity index (χ3n) is 3.84. The topological polar surface area (TPSA) is 37.8 Å². The van der Waals surface area contributed by atoms with Crippen LogP contribution < -0.4 is 5.32 Å². The molecule has 2 fully saturated rings. The maximum absolute atomic E-state index is 4.08. The molecule has 0 atom stereocenters. The number of hydrogen-bond donors (Lipinski definition) is 1. The van der Waals surface area contributed by atoms with Crippen molar-refractivity contribution in [3.05, 3.63) is 18.3 Å². The van der Waals surface area contributed by atoms with Crippen LogP contribution in [0.4, 0.5) is 5.82 Å². The zero-order valence-corrected chi connectivity index (χ0v) is 8.45. The Hall–Kier alpha value is -1.12. The molecule has 14 heavy (non-hydrogen) atoms. The minimum atomic E-state index is 0.350. The van der Waals surface area contributed by atoms with Gasteiger partial charge in [-0.3, -0.25) is 0 Å². The lowest BCUT2D eigenvalue weighted by Crippen LogP contribution is -2.31. The van der Waals surface area contributed by atoms with Crippen LogP contribution in [0, 0.1) is 5.41 Å². The summed E-state index contributed by atoms with van der Waals surface area (Å²) in [7, 11) is 0. The summed E-state index contributed by atoms with van der Waals surface area (Å²) in [5, 5.41) is 11.5. The maximum Gasteiger partial charge on any atom is 0.149 e. The van der Waals surface area contributed by atoms with Gasteiger partial charge in [0.25, 0.3) is 0 Å². The van der Waals surface area contributed by atoms with Gasteiger partial charge in [0.15, 0.2) is 0 Å². The standard InChI is InChI=1S/C11H15N3/c1-10(4-5-10)11(6-7-11)13-9-3-2-8-12-14-9/h2-3,8H,4-7H2,1H3,(H,13,14). The summed E-state index contributed by atoms with van der Waals surface area (Å²) in [5.74, 6) is 0.929. The molecule has 0 aromatic carbocycles. The average Bonchev–Trinajstić information content (AvgIpc) is 3.07. The molecule has 74 valence electrons. The van der Waals surface area contributed by atoms with E-state index in [1.807, 2.05) is 12.1 Å². The van der Waals surface area contributed by atoms with Gasteiger partial charge in [-0.15, -0.1) is 5.10 Å². The Morgan fingerprint density at radius 2 is 2.07 bits per heavy atom. The van der Waals surface area contributed by atoms with Gasteiger partial charge in [-0.2, -0.15) is 5.10 Å². The van der Waals surface area contributed by atoms with Gasteiger partial charge in [-0.05, 0) is 43.2 Å². The summed E-state index contributed by atoms with van der Waals surface area (Å²) >= 11 is 0. The van der Waals surface area contributed by atoms with Gasteiger partial charge in [0.2, 0.25) is 0 Å². The summed E-state index contributed by atoms with van der Waals surface area (Å²) in [6.45, 7) is 2.38. The van der Waals surface area contributed by atoms with E-state index in [-0.39, 0.29) is 0 Å². The Labute approximate surface area is 83.9 Å². The highest BCUT2D eigenvalue weighted by Crippen LogP contribution is 2.64. The maximum atomic E-state index is 4.08. The Balaban J connectivity index is 1.79. The highest BCUT2D eigenvalue weighted by Gasteiger charge is 2.62. The van der Waals surface area contributed by atoms with Gasteiger partial charge in [0, 0.05) is 11.7 Å². The lowest BCUT2D eigenvalue weighted by atomic mass is 9.96. The number of aromatic nitrogens is 2. The van der Waals surface area contributed by atoms with E-state index in [9.17, 15) is 0 Å². The number of nitrogens with zero attached hydrogens (tertiary/aromatic N) is 2. The fraction of sp³-hybridized carbons (Fsp3) is 0.636. The number of hydrogen-bond acceptors (Lipinski definition) is 3. The predicted octanol–water partition coefficient (Wildman–Crippen LogP) is 2.22.